The van der Waals surface area contributed by atoms with Gasteiger partial charge in [0.05, 0.1) is 7.11 Å². The number of carbonyl (C=O) groups is 3. The number of nitrogens with zero attached hydrogens (tertiary/aromatic N) is 1. The van der Waals surface area contributed by atoms with Gasteiger partial charge in [-0.2, -0.15) is 0 Å². The van der Waals surface area contributed by atoms with E-state index in [-0.39, 0.29) is 23.8 Å². The Hall–Kier alpha value is -2.57. The molecule has 1 aromatic carbocycles. The molecular weight excluding hydrogens is 394 g/mol. The molecule has 3 amide bonds. The molecule has 1 aliphatic rings. The molecule has 0 saturated carbocycles. The summed E-state index contributed by atoms with van der Waals surface area (Å²) < 4.78 is 5.09. The van der Waals surface area contributed by atoms with Crippen LogP contribution < -0.4 is 15.4 Å². The maximum atomic E-state index is 12.6. The lowest BCUT2D eigenvalue weighted by molar-refractivity contribution is -0.138. The number of likely N-dealkylation sites (tertiary alicyclic amines) is 1. The molecule has 2 N–H and O–H groups in total. The van der Waals surface area contributed by atoms with Gasteiger partial charge in [-0.05, 0) is 49.9 Å². The Kier molecular flexibility index (Phi) is 10.9. The number of methoxy groups -OCH3 is 1. The van der Waals surface area contributed by atoms with E-state index >= 15 is 0 Å². The molecule has 7 nitrogen and oxygen atoms in total. The molecule has 1 saturated heterocycles. The number of unbranched alkanes of at least 4 members (excludes halogenated alkanes) is 4. The topological polar surface area (TPSA) is 87.7 Å². The lowest BCUT2D eigenvalue weighted by atomic mass is 10.1. The zero-order valence-electron chi connectivity index (χ0n) is 19.0. The van der Waals surface area contributed by atoms with E-state index in [4.69, 9.17) is 4.74 Å². The first-order valence-electron chi connectivity index (χ1n) is 11.6. The van der Waals surface area contributed by atoms with Crippen LogP contribution in [0.3, 0.4) is 0 Å². The van der Waals surface area contributed by atoms with Crippen LogP contribution in [-0.4, -0.2) is 55.4 Å². The fraction of sp³-hybridized carbons (Fsp3) is 0.625. The molecule has 0 spiro atoms. The quantitative estimate of drug-likeness (QED) is 0.469. The predicted molar refractivity (Wildman–Crippen MR) is 121 cm³/mol. The number of carbonyl (C=O) groups excluding carboxylic acids is 3. The molecule has 1 fully saturated rings. The van der Waals surface area contributed by atoms with Crippen molar-refractivity contribution in [2.45, 2.75) is 70.8 Å². The SMILES string of the molecule is CCCCCCCC(=O)N1CCC[C@@H]1C(=O)NCCCNC(=O)c1ccc(OC)cc1. The van der Waals surface area contributed by atoms with Gasteiger partial charge in [0.1, 0.15) is 11.8 Å². The molecule has 1 aliphatic heterocycles. The third kappa shape index (κ3) is 8.23. The monoisotopic (exact) mass is 431 g/mol. The number of hydrogen-bond acceptors (Lipinski definition) is 4. The van der Waals surface area contributed by atoms with Gasteiger partial charge in [0.15, 0.2) is 0 Å². The fourth-order valence-electron chi connectivity index (χ4n) is 3.83. The number of ether oxygens (including phenoxy) is 1. The van der Waals surface area contributed by atoms with E-state index < -0.39 is 0 Å². The van der Waals surface area contributed by atoms with Gasteiger partial charge in [-0.25, -0.2) is 0 Å². The van der Waals surface area contributed by atoms with Crippen molar-refractivity contribution in [2.75, 3.05) is 26.7 Å². The summed E-state index contributed by atoms with van der Waals surface area (Å²) in [7, 11) is 1.58. The van der Waals surface area contributed by atoms with Crippen molar-refractivity contribution in [3.63, 3.8) is 0 Å². The van der Waals surface area contributed by atoms with Gasteiger partial charge in [-0.15, -0.1) is 0 Å². The maximum absolute atomic E-state index is 12.6. The maximum Gasteiger partial charge on any atom is 0.251 e. The van der Waals surface area contributed by atoms with E-state index in [0.29, 0.717) is 43.8 Å². The third-order valence-corrected chi connectivity index (χ3v) is 5.66. The van der Waals surface area contributed by atoms with E-state index in [0.717, 1.165) is 25.7 Å². The number of benzene rings is 1. The van der Waals surface area contributed by atoms with Crippen LogP contribution in [0.1, 0.15) is 75.1 Å². The van der Waals surface area contributed by atoms with Gasteiger partial charge in [0, 0.05) is 31.6 Å². The lowest BCUT2D eigenvalue weighted by Gasteiger charge is -2.24. The van der Waals surface area contributed by atoms with Gasteiger partial charge >= 0.3 is 0 Å². The summed E-state index contributed by atoms with van der Waals surface area (Å²) in [6, 6.07) is 6.57. The van der Waals surface area contributed by atoms with E-state index in [1.165, 1.54) is 19.3 Å². The first-order chi connectivity index (χ1) is 15.1. The lowest BCUT2D eigenvalue weighted by Crippen LogP contribution is -2.46. The van der Waals surface area contributed by atoms with Gasteiger partial charge in [-0.1, -0.05) is 32.6 Å². The Morgan fingerprint density at radius 1 is 1.00 bits per heavy atom. The van der Waals surface area contributed by atoms with E-state index in [2.05, 4.69) is 17.6 Å². The molecule has 172 valence electrons. The summed E-state index contributed by atoms with van der Waals surface area (Å²) in [5.41, 5.74) is 0.569. The smallest absolute Gasteiger partial charge is 0.251 e. The molecular formula is C24H37N3O4. The standard InChI is InChI=1S/C24H37N3O4/c1-3-4-5-6-7-11-22(28)27-18-8-10-21(27)24(30)26-17-9-16-25-23(29)19-12-14-20(31-2)15-13-19/h12-15,21H,3-11,16-18H2,1-2H3,(H,25,29)(H,26,30)/t21-/m1/s1. The summed E-state index contributed by atoms with van der Waals surface area (Å²) in [5.74, 6) is 0.565. The Morgan fingerprint density at radius 2 is 1.71 bits per heavy atom. The summed E-state index contributed by atoms with van der Waals surface area (Å²) in [4.78, 5) is 38.9. The first-order valence-corrected chi connectivity index (χ1v) is 11.6. The van der Waals surface area contributed by atoms with Crippen LogP contribution in [0.2, 0.25) is 0 Å². The van der Waals surface area contributed by atoms with Crippen LogP contribution in [0, 0.1) is 0 Å². The van der Waals surface area contributed by atoms with E-state index in [1.54, 1.807) is 36.3 Å². The number of hydrogen-bond donors (Lipinski definition) is 2. The Balaban J connectivity index is 1.64. The van der Waals surface area contributed by atoms with Crippen molar-refractivity contribution in [3.05, 3.63) is 29.8 Å². The van der Waals surface area contributed by atoms with Crippen LogP contribution in [0.4, 0.5) is 0 Å². The molecule has 0 aliphatic carbocycles. The number of nitrogens with one attached hydrogen (secondary N) is 2. The molecule has 0 aromatic heterocycles. The molecule has 1 heterocycles. The minimum atomic E-state index is -0.350. The van der Waals surface area contributed by atoms with Crippen molar-refractivity contribution >= 4 is 17.7 Å². The molecule has 0 radical (unpaired) electrons. The second-order valence-corrected chi connectivity index (χ2v) is 8.04. The van der Waals surface area contributed by atoms with Crippen molar-refractivity contribution in [1.82, 2.24) is 15.5 Å². The molecule has 0 bridgehead atoms. The molecule has 31 heavy (non-hydrogen) atoms. The highest BCUT2D eigenvalue weighted by Gasteiger charge is 2.33. The van der Waals surface area contributed by atoms with Crippen LogP contribution in [-0.2, 0) is 9.59 Å². The zero-order valence-corrected chi connectivity index (χ0v) is 19.0. The highest BCUT2D eigenvalue weighted by molar-refractivity contribution is 5.94. The predicted octanol–water partition coefficient (Wildman–Crippen LogP) is 3.28. The number of rotatable bonds is 13. The van der Waals surface area contributed by atoms with Gasteiger partial charge in [0.25, 0.3) is 5.91 Å². The van der Waals surface area contributed by atoms with E-state index in [9.17, 15) is 14.4 Å². The Labute approximate surface area is 185 Å². The van der Waals surface area contributed by atoms with Crippen LogP contribution >= 0.6 is 0 Å². The van der Waals surface area contributed by atoms with Crippen molar-refractivity contribution < 1.29 is 19.1 Å². The summed E-state index contributed by atoms with van der Waals surface area (Å²) in [6.45, 7) is 3.78. The fourth-order valence-corrected chi connectivity index (χ4v) is 3.83. The summed E-state index contributed by atoms with van der Waals surface area (Å²) in [6.07, 6.45) is 8.31. The highest BCUT2D eigenvalue weighted by atomic mass is 16.5. The molecule has 7 heteroatoms. The van der Waals surface area contributed by atoms with Gasteiger partial charge < -0.3 is 20.3 Å². The average molecular weight is 432 g/mol. The van der Waals surface area contributed by atoms with Crippen molar-refractivity contribution in [1.29, 1.82) is 0 Å². The number of amides is 3. The second-order valence-electron chi connectivity index (χ2n) is 8.04. The molecule has 1 aromatic rings. The molecule has 0 unspecified atom stereocenters. The van der Waals surface area contributed by atoms with Crippen LogP contribution in [0.15, 0.2) is 24.3 Å². The van der Waals surface area contributed by atoms with Gasteiger partial charge in [-0.3, -0.25) is 14.4 Å². The zero-order chi connectivity index (χ0) is 22.5. The normalized spacial score (nSPS) is 15.5. The average Bonchev–Trinajstić information content (AvgIpc) is 3.28. The summed E-state index contributed by atoms with van der Waals surface area (Å²) >= 11 is 0. The highest BCUT2D eigenvalue weighted by Crippen LogP contribution is 2.19. The van der Waals surface area contributed by atoms with Gasteiger partial charge in [0.2, 0.25) is 11.8 Å². The van der Waals surface area contributed by atoms with Crippen molar-refractivity contribution in [2.24, 2.45) is 0 Å². The van der Waals surface area contributed by atoms with Crippen LogP contribution in [0.5, 0.6) is 5.75 Å². The molecule has 1 atom stereocenters. The minimum absolute atomic E-state index is 0.0849. The molecule has 2 rings (SSSR count). The Bertz CT molecular complexity index is 705. The van der Waals surface area contributed by atoms with Crippen molar-refractivity contribution in [3.8, 4) is 5.75 Å². The van der Waals surface area contributed by atoms with Crippen LogP contribution in [0.25, 0.3) is 0 Å². The minimum Gasteiger partial charge on any atom is -0.497 e. The first kappa shape index (κ1) is 24.7. The third-order valence-electron chi connectivity index (χ3n) is 5.66. The second kappa shape index (κ2) is 13.7. The van der Waals surface area contributed by atoms with E-state index in [1.807, 2.05) is 0 Å². The largest absolute Gasteiger partial charge is 0.497 e. The Morgan fingerprint density at radius 3 is 2.42 bits per heavy atom. The summed E-state index contributed by atoms with van der Waals surface area (Å²) in [5, 5.41) is 5.77.